The molecular weight excluding hydrogens is 300 g/mol. The third-order valence-corrected chi connectivity index (χ3v) is 6.16. The van der Waals surface area contributed by atoms with Crippen LogP contribution in [0.4, 0.5) is 5.69 Å². The first kappa shape index (κ1) is 17.7. The van der Waals surface area contributed by atoms with E-state index in [4.69, 9.17) is 4.74 Å². The van der Waals surface area contributed by atoms with E-state index in [0.29, 0.717) is 5.75 Å². The minimum Gasteiger partial charge on any atom is -0.508 e. The minimum absolute atomic E-state index is 0.393. The van der Waals surface area contributed by atoms with Crippen LogP contribution in [0.1, 0.15) is 26.7 Å². The van der Waals surface area contributed by atoms with Gasteiger partial charge in [0.15, 0.2) is 0 Å². The van der Waals surface area contributed by atoms with Crippen molar-refractivity contribution >= 4 is 5.69 Å². The lowest BCUT2D eigenvalue weighted by Gasteiger charge is -2.46. The summed E-state index contributed by atoms with van der Waals surface area (Å²) in [6.07, 6.45) is 2.48. The molecule has 4 heteroatoms. The van der Waals surface area contributed by atoms with Crippen molar-refractivity contribution in [3.63, 3.8) is 0 Å². The van der Waals surface area contributed by atoms with E-state index in [1.165, 1.54) is 31.6 Å². The summed E-state index contributed by atoms with van der Waals surface area (Å²) in [5.41, 5.74) is 1.29. The molecule has 2 fully saturated rings. The van der Waals surface area contributed by atoms with Crippen LogP contribution in [0, 0.1) is 11.8 Å². The Balaban J connectivity index is 1.70. The van der Waals surface area contributed by atoms with Crippen molar-refractivity contribution < 1.29 is 9.84 Å². The molecule has 134 valence electrons. The second-order valence-electron chi connectivity index (χ2n) is 7.85. The standard InChI is InChI=1S/C20H32N2O2/c1-17-7-12-22(16-18(17)2,19-5-3-6-20(23)15-19)11-4-8-21-9-13-24-14-10-21/h3,5-6,15,17-18H,4,7-14,16H2,1-2H3/p+1. The third-order valence-electron chi connectivity index (χ3n) is 6.16. The smallest absolute Gasteiger partial charge is 0.136 e. The lowest BCUT2D eigenvalue weighted by Crippen LogP contribution is -2.58. The molecule has 0 spiro atoms. The van der Waals surface area contributed by atoms with Crippen LogP contribution in [0.25, 0.3) is 0 Å². The van der Waals surface area contributed by atoms with E-state index >= 15 is 0 Å². The van der Waals surface area contributed by atoms with Crippen molar-refractivity contribution in [2.24, 2.45) is 11.8 Å². The number of morpholine rings is 1. The van der Waals surface area contributed by atoms with Gasteiger partial charge in [0.1, 0.15) is 11.4 Å². The fraction of sp³-hybridized carbons (Fsp3) is 0.700. The average molecular weight is 333 g/mol. The SMILES string of the molecule is CC1CC[N+](CCCN2CCOCC2)(c2cccc(O)c2)CC1C. The highest BCUT2D eigenvalue weighted by Gasteiger charge is 2.38. The molecule has 2 heterocycles. The van der Waals surface area contributed by atoms with E-state index in [9.17, 15) is 5.11 Å². The number of phenols is 1. The molecular formula is C20H33N2O2+. The Morgan fingerprint density at radius 3 is 2.71 bits per heavy atom. The van der Waals surface area contributed by atoms with E-state index in [0.717, 1.165) is 55.7 Å². The molecule has 1 aromatic carbocycles. The fourth-order valence-corrected chi connectivity index (χ4v) is 4.33. The Bertz CT molecular complexity index is 530. The fourth-order valence-electron chi connectivity index (χ4n) is 4.33. The largest absolute Gasteiger partial charge is 0.508 e. The highest BCUT2D eigenvalue weighted by molar-refractivity contribution is 5.47. The van der Waals surface area contributed by atoms with Gasteiger partial charge >= 0.3 is 0 Å². The van der Waals surface area contributed by atoms with Crippen molar-refractivity contribution in [1.29, 1.82) is 0 Å². The molecule has 3 unspecified atom stereocenters. The van der Waals surface area contributed by atoms with Crippen molar-refractivity contribution in [3.05, 3.63) is 24.3 Å². The van der Waals surface area contributed by atoms with Crippen molar-refractivity contribution in [3.8, 4) is 5.75 Å². The number of benzene rings is 1. The molecule has 0 aliphatic carbocycles. The van der Waals surface area contributed by atoms with Crippen LogP contribution in [-0.2, 0) is 4.74 Å². The predicted octanol–water partition coefficient (Wildman–Crippen LogP) is 3.10. The monoisotopic (exact) mass is 333 g/mol. The number of ether oxygens (including phenoxy) is 1. The van der Waals surface area contributed by atoms with E-state index in [1.807, 2.05) is 12.1 Å². The van der Waals surface area contributed by atoms with Gasteiger partial charge in [-0.15, -0.1) is 0 Å². The lowest BCUT2D eigenvalue weighted by atomic mass is 9.86. The molecule has 3 atom stereocenters. The summed E-state index contributed by atoms with van der Waals surface area (Å²) >= 11 is 0. The molecule has 1 aromatic rings. The molecule has 1 N–H and O–H groups in total. The van der Waals surface area contributed by atoms with Gasteiger partial charge in [-0.25, -0.2) is 0 Å². The first-order valence-electron chi connectivity index (χ1n) is 9.55. The maximum atomic E-state index is 9.97. The van der Waals surface area contributed by atoms with Gasteiger partial charge in [-0.1, -0.05) is 19.9 Å². The van der Waals surface area contributed by atoms with E-state index in [2.05, 4.69) is 24.8 Å². The number of hydrogen-bond donors (Lipinski definition) is 1. The summed E-state index contributed by atoms with van der Waals surface area (Å²) in [4.78, 5) is 2.53. The van der Waals surface area contributed by atoms with Crippen LogP contribution < -0.4 is 4.48 Å². The molecule has 0 amide bonds. The highest BCUT2D eigenvalue weighted by atomic mass is 16.5. The Hall–Kier alpha value is -1.10. The predicted molar refractivity (Wildman–Crippen MR) is 99.3 cm³/mol. The topological polar surface area (TPSA) is 32.7 Å². The Morgan fingerprint density at radius 2 is 2.00 bits per heavy atom. The number of nitrogens with zero attached hydrogens (tertiary/aromatic N) is 2. The molecule has 0 bridgehead atoms. The minimum atomic E-state index is 0.393. The number of likely N-dealkylation sites (tertiary alicyclic amines) is 1. The summed E-state index contributed by atoms with van der Waals surface area (Å²) in [5, 5.41) is 9.97. The van der Waals surface area contributed by atoms with Gasteiger partial charge in [-0.2, -0.15) is 0 Å². The molecule has 0 saturated carbocycles. The highest BCUT2D eigenvalue weighted by Crippen LogP contribution is 2.35. The molecule has 3 rings (SSSR count). The summed E-state index contributed by atoms with van der Waals surface area (Å²) < 4.78 is 6.48. The third kappa shape index (κ3) is 4.11. The van der Waals surface area contributed by atoms with E-state index in [1.54, 1.807) is 6.07 Å². The summed E-state index contributed by atoms with van der Waals surface area (Å²) in [6.45, 7) is 13.4. The van der Waals surface area contributed by atoms with Crippen LogP contribution in [0.2, 0.25) is 0 Å². The zero-order chi connectivity index (χ0) is 17.0. The summed E-state index contributed by atoms with van der Waals surface area (Å²) in [7, 11) is 0. The number of quaternary nitrogens is 1. The van der Waals surface area contributed by atoms with Gasteiger partial charge in [-0.3, -0.25) is 9.38 Å². The molecule has 2 aliphatic rings. The maximum absolute atomic E-state index is 9.97. The van der Waals surface area contributed by atoms with Gasteiger partial charge in [0.05, 0.1) is 32.8 Å². The van der Waals surface area contributed by atoms with Crippen LogP contribution in [0.3, 0.4) is 0 Å². The van der Waals surface area contributed by atoms with Crippen LogP contribution in [0.5, 0.6) is 5.75 Å². The first-order chi connectivity index (χ1) is 11.6. The molecule has 0 radical (unpaired) electrons. The Labute approximate surface area is 146 Å². The summed E-state index contributed by atoms with van der Waals surface area (Å²) in [5.74, 6) is 1.92. The van der Waals surface area contributed by atoms with Gasteiger partial charge in [-0.05, 0) is 18.1 Å². The zero-order valence-corrected chi connectivity index (χ0v) is 15.3. The Kier molecular flexibility index (Phi) is 5.80. The molecule has 2 saturated heterocycles. The van der Waals surface area contributed by atoms with Crippen LogP contribution in [-0.4, -0.2) is 62.5 Å². The van der Waals surface area contributed by atoms with Crippen LogP contribution >= 0.6 is 0 Å². The summed E-state index contributed by atoms with van der Waals surface area (Å²) in [6, 6.07) is 7.97. The molecule has 0 aromatic heterocycles. The van der Waals surface area contributed by atoms with Gasteiger partial charge < -0.3 is 9.84 Å². The number of rotatable bonds is 5. The second kappa shape index (κ2) is 7.85. The maximum Gasteiger partial charge on any atom is 0.136 e. The average Bonchev–Trinajstić information content (AvgIpc) is 2.59. The van der Waals surface area contributed by atoms with Gasteiger partial charge in [0.25, 0.3) is 0 Å². The number of hydrogen-bond acceptors (Lipinski definition) is 3. The number of phenolic OH excluding ortho intramolecular Hbond substituents is 1. The molecule has 24 heavy (non-hydrogen) atoms. The number of aromatic hydroxyl groups is 1. The number of piperidine rings is 1. The van der Waals surface area contributed by atoms with Crippen molar-refractivity contribution in [1.82, 2.24) is 9.38 Å². The quantitative estimate of drug-likeness (QED) is 0.841. The normalized spacial score (nSPS) is 31.9. The van der Waals surface area contributed by atoms with Gasteiger partial charge in [0, 0.05) is 44.5 Å². The van der Waals surface area contributed by atoms with Gasteiger partial charge in [0.2, 0.25) is 0 Å². The zero-order valence-electron chi connectivity index (χ0n) is 15.3. The van der Waals surface area contributed by atoms with E-state index in [-0.39, 0.29) is 0 Å². The van der Waals surface area contributed by atoms with E-state index < -0.39 is 0 Å². The molecule has 2 aliphatic heterocycles. The first-order valence-corrected chi connectivity index (χ1v) is 9.55. The Morgan fingerprint density at radius 1 is 1.21 bits per heavy atom. The van der Waals surface area contributed by atoms with Crippen molar-refractivity contribution in [2.45, 2.75) is 26.7 Å². The van der Waals surface area contributed by atoms with Crippen molar-refractivity contribution in [2.75, 3.05) is 52.5 Å². The van der Waals surface area contributed by atoms with Crippen LogP contribution in [0.15, 0.2) is 24.3 Å². The molecule has 4 nitrogen and oxygen atoms in total. The lowest BCUT2D eigenvalue weighted by molar-refractivity contribution is 0.0351. The second-order valence-corrected chi connectivity index (χ2v) is 7.85.